The molecule has 0 aromatic heterocycles. The SMILES string of the molecule is CC(C)C(=O)O.CCCCC(N)Cc1cc(F)cc(F)c1. The molecule has 120 valence electrons. The second-order valence-electron chi connectivity index (χ2n) is 5.38. The lowest BCUT2D eigenvalue weighted by Crippen LogP contribution is -2.22. The summed E-state index contributed by atoms with van der Waals surface area (Å²) in [5.41, 5.74) is 6.48. The van der Waals surface area contributed by atoms with Crippen LogP contribution < -0.4 is 5.73 Å². The van der Waals surface area contributed by atoms with E-state index >= 15 is 0 Å². The Balaban J connectivity index is 0.000000567. The molecule has 1 aromatic carbocycles. The summed E-state index contributed by atoms with van der Waals surface area (Å²) in [5.74, 6) is -2.04. The van der Waals surface area contributed by atoms with Gasteiger partial charge in [-0.2, -0.15) is 0 Å². The van der Waals surface area contributed by atoms with Crippen LogP contribution in [0.3, 0.4) is 0 Å². The first kappa shape index (κ1) is 19.5. The van der Waals surface area contributed by atoms with E-state index in [1.807, 2.05) is 0 Å². The molecular weight excluding hydrogens is 276 g/mol. The number of hydrogen-bond acceptors (Lipinski definition) is 2. The van der Waals surface area contributed by atoms with E-state index in [0.29, 0.717) is 12.0 Å². The quantitative estimate of drug-likeness (QED) is 0.841. The van der Waals surface area contributed by atoms with Crippen LogP contribution in [0, 0.1) is 17.6 Å². The summed E-state index contributed by atoms with van der Waals surface area (Å²) in [5, 5.41) is 7.99. The van der Waals surface area contributed by atoms with E-state index < -0.39 is 17.6 Å². The monoisotopic (exact) mass is 301 g/mol. The van der Waals surface area contributed by atoms with Crippen molar-refractivity contribution in [2.75, 3.05) is 0 Å². The fourth-order valence-electron chi connectivity index (χ4n) is 1.60. The van der Waals surface area contributed by atoms with Crippen molar-refractivity contribution in [3.05, 3.63) is 35.4 Å². The van der Waals surface area contributed by atoms with Crippen molar-refractivity contribution in [1.29, 1.82) is 0 Å². The van der Waals surface area contributed by atoms with Crippen molar-refractivity contribution >= 4 is 5.97 Å². The molecule has 0 fully saturated rings. The molecule has 3 nitrogen and oxygen atoms in total. The minimum atomic E-state index is -0.741. The van der Waals surface area contributed by atoms with Crippen LogP contribution in [0.1, 0.15) is 45.6 Å². The highest BCUT2D eigenvalue weighted by atomic mass is 19.1. The molecule has 0 aliphatic rings. The van der Waals surface area contributed by atoms with E-state index in [1.54, 1.807) is 13.8 Å². The van der Waals surface area contributed by atoms with Crippen molar-refractivity contribution in [1.82, 2.24) is 0 Å². The second-order valence-corrected chi connectivity index (χ2v) is 5.38. The molecule has 0 amide bonds. The zero-order valence-corrected chi connectivity index (χ0v) is 12.9. The molecule has 21 heavy (non-hydrogen) atoms. The molecule has 0 aliphatic carbocycles. The lowest BCUT2D eigenvalue weighted by atomic mass is 10.0. The number of carbonyl (C=O) groups is 1. The van der Waals surface area contributed by atoms with Gasteiger partial charge in [0.25, 0.3) is 0 Å². The van der Waals surface area contributed by atoms with Gasteiger partial charge in [-0.1, -0.05) is 33.6 Å². The Labute approximate surface area is 125 Å². The molecule has 0 radical (unpaired) electrons. The molecule has 0 saturated carbocycles. The van der Waals surface area contributed by atoms with E-state index in [1.165, 1.54) is 12.1 Å². The Morgan fingerprint density at radius 2 is 1.71 bits per heavy atom. The average Bonchev–Trinajstić information content (AvgIpc) is 2.35. The zero-order valence-electron chi connectivity index (χ0n) is 12.9. The number of aliphatic carboxylic acids is 1. The zero-order chi connectivity index (χ0) is 16.4. The first-order chi connectivity index (χ1) is 9.76. The molecule has 1 aromatic rings. The number of halogens is 2. The van der Waals surface area contributed by atoms with Crippen LogP contribution in [-0.2, 0) is 11.2 Å². The highest BCUT2D eigenvalue weighted by molar-refractivity contribution is 5.68. The van der Waals surface area contributed by atoms with Gasteiger partial charge in [0.05, 0.1) is 5.92 Å². The number of hydrogen-bond donors (Lipinski definition) is 2. The van der Waals surface area contributed by atoms with Gasteiger partial charge in [-0.15, -0.1) is 0 Å². The summed E-state index contributed by atoms with van der Waals surface area (Å²) in [6, 6.07) is 3.55. The molecule has 0 spiro atoms. The van der Waals surface area contributed by atoms with Gasteiger partial charge < -0.3 is 10.8 Å². The Morgan fingerprint density at radius 1 is 1.24 bits per heavy atom. The van der Waals surface area contributed by atoms with Crippen molar-refractivity contribution in [2.24, 2.45) is 11.7 Å². The second kappa shape index (κ2) is 10.3. The summed E-state index contributed by atoms with van der Waals surface area (Å²) in [6.07, 6.45) is 3.58. The number of rotatable bonds is 6. The van der Waals surface area contributed by atoms with Crippen molar-refractivity contribution in [2.45, 2.75) is 52.5 Å². The molecular formula is C16H25F2NO2. The molecule has 0 aliphatic heterocycles. The molecule has 0 bridgehead atoms. The fraction of sp³-hybridized carbons (Fsp3) is 0.562. The van der Waals surface area contributed by atoms with Crippen molar-refractivity contribution in [3.63, 3.8) is 0 Å². The summed E-state index contributed by atoms with van der Waals surface area (Å²) in [7, 11) is 0. The third-order valence-electron chi connectivity index (χ3n) is 2.84. The van der Waals surface area contributed by atoms with Crippen molar-refractivity contribution < 1.29 is 18.7 Å². The molecule has 3 N–H and O–H groups in total. The Hall–Kier alpha value is -1.49. The van der Waals surface area contributed by atoms with Gasteiger partial charge in [0.2, 0.25) is 0 Å². The van der Waals surface area contributed by atoms with E-state index in [9.17, 15) is 13.6 Å². The maximum Gasteiger partial charge on any atom is 0.305 e. The Kier molecular flexibility index (Phi) is 9.54. The van der Waals surface area contributed by atoms with Crippen LogP contribution in [0.25, 0.3) is 0 Å². The minimum absolute atomic E-state index is 0.00819. The fourth-order valence-corrected chi connectivity index (χ4v) is 1.60. The molecule has 1 rings (SSSR count). The molecule has 0 heterocycles. The molecule has 1 unspecified atom stereocenters. The van der Waals surface area contributed by atoms with E-state index in [-0.39, 0.29) is 12.0 Å². The first-order valence-electron chi connectivity index (χ1n) is 7.19. The van der Waals surface area contributed by atoms with Gasteiger partial charge in [0.1, 0.15) is 11.6 Å². The summed E-state index contributed by atoms with van der Waals surface area (Å²) in [6.45, 7) is 5.37. The van der Waals surface area contributed by atoms with Crippen LogP contribution in [0.15, 0.2) is 18.2 Å². The van der Waals surface area contributed by atoms with Crippen molar-refractivity contribution in [3.8, 4) is 0 Å². The number of nitrogens with two attached hydrogens (primary N) is 1. The molecule has 0 saturated heterocycles. The highest BCUT2D eigenvalue weighted by Crippen LogP contribution is 2.11. The smallest absolute Gasteiger partial charge is 0.305 e. The maximum absolute atomic E-state index is 12.8. The van der Waals surface area contributed by atoms with Crippen LogP contribution in [0.5, 0.6) is 0 Å². The van der Waals surface area contributed by atoms with Gasteiger partial charge in [0, 0.05) is 12.1 Å². The van der Waals surface area contributed by atoms with Crippen LogP contribution >= 0.6 is 0 Å². The maximum atomic E-state index is 12.8. The van der Waals surface area contributed by atoms with E-state index in [4.69, 9.17) is 10.8 Å². The largest absolute Gasteiger partial charge is 0.481 e. The molecule has 5 heteroatoms. The number of carboxylic acids is 1. The van der Waals surface area contributed by atoms with Gasteiger partial charge in [0.15, 0.2) is 0 Å². The van der Waals surface area contributed by atoms with Gasteiger partial charge in [-0.25, -0.2) is 8.78 Å². The Bertz CT molecular complexity index is 416. The molecule has 1 atom stereocenters. The number of unbranched alkanes of at least 4 members (excludes halogenated alkanes) is 1. The first-order valence-corrected chi connectivity index (χ1v) is 7.19. The summed E-state index contributed by atoms with van der Waals surface area (Å²) >= 11 is 0. The van der Waals surface area contributed by atoms with Gasteiger partial charge >= 0.3 is 5.97 Å². The van der Waals surface area contributed by atoms with Crippen LogP contribution in [0.2, 0.25) is 0 Å². The lowest BCUT2D eigenvalue weighted by Gasteiger charge is -2.10. The Morgan fingerprint density at radius 3 is 2.10 bits per heavy atom. The highest BCUT2D eigenvalue weighted by Gasteiger charge is 2.06. The van der Waals surface area contributed by atoms with Crippen LogP contribution in [0.4, 0.5) is 8.78 Å². The minimum Gasteiger partial charge on any atom is -0.481 e. The van der Waals surface area contributed by atoms with Crippen LogP contribution in [-0.4, -0.2) is 17.1 Å². The summed E-state index contributed by atoms with van der Waals surface area (Å²) in [4.78, 5) is 9.70. The van der Waals surface area contributed by atoms with Gasteiger partial charge in [-0.3, -0.25) is 4.79 Å². The number of carboxylic acid groups (broad SMARTS) is 1. The average molecular weight is 301 g/mol. The van der Waals surface area contributed by atoms with E-state index in [2.05, 4.69) is 6.92 Å². The summed E-state index contributed by atoms with van der Waals surface area (Å²) < 4.78 is 25.7. The van der Waals surface area contributed by atoms with E-state index in [0.717, 1.165) is 25.3 Å². The van der Waals surface area contributed by atoms with Gasteiger partial charge in [-0.05, 0) is 30.5 Å². The third-order valence-corrected chi connectivity index (χ3v) is 2.84. The predicted octanol–water partition coefficient (Wildman–Crippen LogP) is 3.75. The normalized spacial score (nSPS) is 11.8. The predicted molar refractivity (Wildman–Crippen MR) is 80.0 cm³/mol. The standard InChI is InChI=1S/C12H17F2N.C4H8O2/c1-2-3-4-12(15)7-9-5-10(13)8-11(14)6-9;1-3(2)4(5)6/h5-6,8,12H,2-4,7,15H2,1H3;3H,1-2H3,(H,5,6). The topological polar surface area (TPSA) is 63.3 Å². The third kappa shape index (κ3) is 9.96. The number of benzene rings is 1. The lowest BCUT2D eigenvalue weighted by molar-refractivity contribution is -0.140.